The fraction of sp³-hybridized carbons (Fsp3) is 0.476. The van der Waals surface area contributed by atoms with Gasteiger partial charge in [-0.1, -0.05) is 30.3 Å². The molecule has 0 aliphatic heterocycles. The molecular weight excluding hydrogens is 430 g/mol. The number of nitrogens with two attached hydrogens (primary N) is 3. The van der Waals surface area contributed by atoms with Crippen molar-refractivity contribution >= 4 is 29.7 Å². The Kier molecular flexibility index (Phi) is 11.3. The first kappa shape index (κ1) is 27.4. The van der Waals surface area contributed by atoms with Crippen LogP contribution in [0.25, 0.3) is 0 Å². The number of carbonyl (C=O) groups is 4. The molecular formula is C21H33N7O5. The number of aliphatic carboxylic acids is 1. The van der Waals surface area contributed by atoms with E-state index in [9.17, 15) is 19.2 Å². The summed E-state index contributed by atoms with van der Waals surface area (Å²) in [7, 11) is 0. The van der Waals surface area contributed by atoms with Crippen molar-refractivity contribution in [2.45, 2.75) is 57.3 Å². The second kappa shape index (κ2) is 13.7. The van der Waals surface area contributed by atoms with Crippen LogP contribution in [0.4, 0.5) is 0 Å². The fourth-order valence-corrected chi connectivity index (χ4v) is 2.77. The number of hydrogen-bond donors (Lipinski definition) is 7. The molecule has 4 atom stereocenters. The molecule has 0 bridgehead atoms. The Bertz CT molecular complexity index is 843. The first-order valence-corrected chi connectivity index (χ1v) is 10.5. The topological polar surface area (TPSA) is 215 Å². The SMILES string of the molecule is CC(NC(=O)C(C)NC(=O)C(Cc1ccccc1)NC(=O)C(N)CCCN=C(N)N)C(=O)O. The Balaban J connectivity index is 2.81. The summed E-state index contributed by atoms with van der Waals surface area (Å²) in [5.41, 5.74) is 17.2. The zero-order valence-electron chi connectivity index (χ0n) is 18.8. The average molecular weight is 464 g/mol. The summed E-state index contributed by atoms with van der Waals surface area (Å²) in [6, 6.07) is 4.98. The van der Waals surface area contributed by atoms with E-state index in [1.54, 1.807) is 24.3 Å². The molecule has 0 saturated carbocycles. The molecule has 0 aliphatic carbocycles. The van der Waals surface area contributed by atoms with E-state index in [0.717, 1.165) is 5.56 Å². The quantitative estimate of drug-likeness (QED) is 0.100. The molecule has 4 unspecified atom stereocenters. The Hall–Kier alpha value is -3.67. The largest absolute Gasteiger partial charge is 0.480 e. The van der Waals surface area contributed by atoms with Crippen molar-refractivity contribution in [2.75, 3.05) is 6.54 Å². The van der Waals surface area contributed by atoms with Gasteiger partial charge in [-0.15, -0.1) is 0 Å². The first-order chi connectivity index (χ1) is 15.5. The minimum atomic E-state index is -1.20. The molecule has 12 nitrogen and oxygen atoms in total. The highest BCUT2D eigenvalue weighted by atomic mass is 16.4. The molecule has 1 rings (SSSR count). The molecule has 0 aromatic heterocycles. The number of carbonyl (C=O) groups excluding carboxylic acids is 3. The van der Waals surface area contributed by atoms with Crippen LogP contribution in [-0.2, 0) is 25.6 Å². The Labute approximate surface area is 192 Å². The molecule has 0 radical (unpaired) electrons. The Morgan fingerprint density at radius 1 is 0.939 bits per heavy atom. The van der Waals surface area contributed by atoms with Crippen molar-refractivity contribution in [3.05, 3.63) is 35.9 Å². The standard InChI is InChI=1S/C21H33N7O5/c1-12(17(29)27-13(2)20(32)33)26-19(31)16(11-14-7-4-3-5-8-14)28-18(30)15(22)9-6-10-25-21(23)24/h3-5,7-8,12-13,15-16H,6,9-11,22H2,1-2H3,(H,26,31)(H,27,29)(H,28,30)(H,32,33)(H4,23,24,25). The van der Waals surface area contributed by atoms with E-state index in [2.05, 4.69) is 20.9 Å². The molecule has 3 amide bonds. The number of nitrogens with one attached hydrogen (secondary N) is 3. The van der Waals surface area contributed by atoms with Crippen molar-refractivity contribution in [3.63, 3.8) is 0 Å². The van der Waals surface area contributed by atoms with E-state index in [4.69, 9.17) is 22.3 Å². The second-order valence-corrected chi connectivity index (χ2v) is 7.60. The zero-order valence-corrected chi connectivity index (χ0v) is 18.8. The Morgan fingerprint density at radius 2 is 1.55 bits per heavy atom. The summed E-state index contributed by atoms with van der Waals surface area (Å²) in [5, 5.41) is 16.3. The van der Waals surface area contributed by atoms with Crippen molar-refractivity contribution in [1.29, 1.82) is 0 Å². The molecule has 0 spiro atoms. The highest BCUT2D eigenvalue weighted by Crippen LogP contribution is 2.05. The number of rotatable bonds is 13. The zero-order chi connectivity index (χ0) is 25.0. The first-order valence-electron chi connectivity index (χ1n) is 10.5. The number of hydrogen-bond acceptors (Lipinski definition) is 6. The molecule has 1 aromatic carbocycles. The van der Waals surface area contributed by atoms with Gasteiger partial charge in [0.15, 0.2) is 5.96 Å². The van der Waals surface area contributed by atoms with Crippen LogP contribution in [0.3, 0.4) is 0 Å². The van der Waals surface area contributed by atoms with E-state index in [-0.39, 0.29) is 12.4 Å². The minimum absolute atomic E-state index is 0.0523. The summed E-state index contributed by atoms with van der Waals surface area (Å²) in [5.74, 6) is -3.06. The lowest BCUT2D eigenvalue weighted by Gasteiger charge is -2.23. The van der Waals surface area contributed by atoms with Gasteiger partial charge in [0.1, 0.15) is 18.1 Å². The van der Waals surface area contributed by atoms with Gasteiger partial charge in [-0.05, 0) is 32.3 Å². The summed E-state index contributed by atoms with van der Waals surface area (Å²) < 4.78 is 0. The van der Waals surface area contributed by atoms with Gasteiger partial charge in [0.2, 0.25) is 17.7 Å². The third-order valence-electron chi connectivity index (χ3n) is 4.70. The molecule has 0 saturated heterocycles. The van der Waals surface area contributed by atoms with E-state index < -0.39 is 47.9 Å². The van der Waals surface area contributed by atoms with Gasteiger partial charge in [-0.2, -0.15) is 0 Å². The van der Waals surface area contributed by atoms with Gasteiger partial charge >= 0.3 is 5.97 Å². The summed E-state index contributed by atoms with van der Waals surface area (Å²) in [6.07, 6.45) is 0.939. The number of amides is 3. The number of carboxylic acids is 1. The van der Waals surface area contributed by atoms with Crippen LogP contribution in [-0.4, -0.2) is 65.5 Å². The molecule has 182 valence electrons. The van der Waals surface area contributed by atoms with Crippen LogP contribution in [0.5, 0.6) is 0 Å². The lowest BCUT2D eigenvalue weighted by molar-refractivity contribution is -0.141. The molecule has 10 N–H and O–H groups in total. The second-order valence-electron chi connectivity index (χ2n) is 7.60. The van der Waals surface area contributed by atoms with Gasteiger partial charge in [-0.25, -0.2) is 0 Å². The molecule has 1 aromatic rings. The van der Waals surface area contributed by atoms with E-state index >= 15 is 0 Å². The van der Waals surface area contributed by atoms with Crippen LogP contribution in [0.2, 0.25) is 0 Å². The maximum Gasteiger partial charge on any atom is 0.325 e. The van der Waals surface area contributed by atoms with E-state index in [1.807, 2.05) is 6.07 Å². The summed E-state index contributed by atoms with van der Waals surface area (Å²) in [6.45, 7) is 3.04. The van der Waals surface area contributed by atoms with Crippen molar-refractivity contribution < 1.29 is 24.3 Å². The third-order valence-corrected chi connectivity index (χ3v) is 4.70. The highest BCUT2D eigenvalue weighted by Gasteiger charge is 2.27. The molecule has 0 aliphatic rings. The predicted octanol–water partition coefficient (Wildman–Crippen LogP) is -1.81. The normalized spacial score (nSPS) is 14.2. The summed E-state index contributed by atoms with van der Waals surface area (Å²) >= 11 is 0. The van der Waals surface area contributed by atoms with Crippen LogP contribution in [0.15, 0.2) is 35.3 Å². The Morgan fingerprint density at radius 3 is 2.12 bits per heavy atom. The van der Waals surface area contributed by atoms with Crippen LogP contribution >= 0.6 is 0 Å². The van der Waals surface area contributed by atoms with Crippen molar-refractivity contribution in [1.82, 2.24) is 16.0 Å². The highest BCUT2D eigenvalue weighted by molar-refractivity contribution is 5.94. The molecule has 0 fully saturated rings. The predicted molar refractivity (Wildman–Crippen MR) is 123 cm³/mol. The average Bonchev–Trinajstić information content (AvgIpc) is 2.76. The maximum absolute atomic E-state index is 12.9. The number of nitrogens with zero attached hydrogens (tertiary/aromatic N) is 1. The van der Waals surface area contributed by atoms with Crippen LogP contribution in [0.1, 0.15) is 32.3 Å². The monoisotopic (exact) mass is 463 g/mol. The van der Waals surface area contributed by atoms with Gasteiger partial charge in [0.25, 0.3) is 0 Å². The van der Waals surface area contributed by atoms with Gasteiger partial charge < -0.3 is 38.3 Å². The lowest BCUT2D eigenvalue weighted by Crippen LogP contribution is -2.56. The van der Waals surface area contributed by atoms with Gasteiger partial charge in [0.05, 0.1) is 6.04 Å². The summed E-state index contributed by atoms with van der Waals surface area (Å²) in [4.78, 5) is 52.4. The number of benzene rings is 1. The number of aliphatic imine (C=N–C) groups is 1. The number of guanidine groups is 1. The third kappa shape index (κ3) is 10.5. The van der Waals surface area contributed by atoms with E-state index in [1.165, 1.54) is 13.8 Å². The number of carboxylic acid groups (broad SMARTS) is 1. The molecule has 33 heavy (non-hydrogen) atoms. The smallest absolute Gasteiger partial charge is 0.325 e. The maximum atomic E-state index is 12.9. The van der Waals surface area contributed by atoms with Gasteiger partial charge in [-0.3, -0.25) is 24.2 Å². The van der Waals surface area contributed by atoms with Crippen molar-refractivity contribution in [2.24, 2.45) is 22.2 Å². The van der Waals surface area contributed by atoms with Crippen LogP contribution in [0, 0.1) is 0 Å². The lowest BCUT2D eigenvalue weighted by atomic mass is 10.0. The molecule has 0 heterocycles. The van der Waals surface area contributed by atoms with Crippen molar-refractivity contribution in [3.8, 4) is 0 Å². The van der Waals surface area contributed by atoms with Gasteiger partial charge in [0, 0.05) is 13.0 Å². The van der Waals surface area contributed by atoms with Crippen LogP contribution < -0.4 is 33.2 Å². The fourth-order valence-electron chi connectivity index (χ4n) is 2.77. The minimum Gasteiger partial charge on any atom is -0.480 e. The molecule has 12 heteroatoms. The van der Waals surface area contributed by atoms with E-state index in [0.29, 0.717) is 19.4 Å².